The molecule has 3 atom stereocenters. The van der Waals surface area contributed by atoms with Crippen molar-refractivity contribution in [3.63, 3.8) is 0 Å². The summed E-state index contributed by atoms with van der Waals surface area (Å²) in [6.45, 7) is 10.7. The van der Waals surface area contributed by atoms with E-state index in [0.29, 0.717) is 37.6 Å². The minimum atomic E-state index is -3.13. The quantitative estimate of drug-likeness (QED) is 0.0467. The molecule has 1 fully saturated rings. The van der Waals surface area contributed by atoms with Crippen LogP contribution in [0.2, 0.25) is 0 Å². The molecule has 1 aliphatic heterocycles. The number of aliphatic hydroxyl groups is 1. The molecule has 1 aromatic rings. The molecule has 0 aromatic heterocycles. The van der Waals surface area contributed by atoms with Gasteiger partial charge >= 0.3 is 5.97 Å². The van der Waals surface area contributed by atoms with Gasteiger partial charge in [-0.25, -0.2) is 13.6 Å². The monoisotopic (exact) mass is 766 g/mol. The van der Waals surface area contributed by atoms with Crippen LogP contribution in [0.15, 0.2) is 36.4 Å². The number of halogens is 2. The van der Waals surface area contributed by atoms with Crippen LogP contribution in [0.4, 0.5) is 8.78 Å². The van der Waals surface area contributed by atoms with Gasteiger partial charge < -0.3 is 34.7 Å². The van der Waals surface area contributed by atoms with Crippen molar-refractivity contribution < 1.29 is 47.2 Å². The molecule has 0 unspecified atom stereocenters. The summed E-state index contributed by atoms with van der Waals surface area (Å²) >= 11 is 0. The SMILES string of the molecule is CCCCCCCC1(CCCCCC/C=C/[C@H](C(=O)N[C@@H](Cc2ccc(OCCCC)cc2)C(=O)NC)[C@@](O)(CC(F)F)C(=O)OC(C)(C)C)OCCO1. The Balaban J connectivity index is 2.16. The molecule has 1 aromatic carbocycles. The third-order valence-electron chi connectivity index (χ3n) is 9.51. The average Bonchev–Trinajstić information content (AvgIpc) is 3.58. The van der Waals surface area contributed by atoms with Crippen molar-refractivity contribution in [2.24, 2.45) is 5.92 Å². The van der Waals surface area contributed by atoms with Gasteiger partial charge in [-0.15, -0.1) is 0 Å². The van der Waals surface area contributed by atoms with Gasteiger partial charge in [-0.1, -0.05) is 83.1 Å². The van der Waals surface area contributed by atoms with Gasteiger partial charge in [0.1, 0.15) is 17.4 Å². The summed E-state index contributed by atoms with van der Waals surface area (Å²) in [5.74, 6) is -4.42. The highest BCUT2D eigenvalue weighted by atomic mass is 19.3. The number of carbonyl (C=O) groups excluding carboxylic acids is 3. The van der Waals surface area contributed by atoms with Gasteiger partial charge in [-0.2, -0.15) is 0 Å². The number of likely N-dealkylation sites (N-methyl/N-ethyl adjacent to an activating group) is 1. The Hall–Kier alpha value is -3.09. The lowest BCUT2D eigenvalue weighted by Gasteiger charge is -2.34. The fourth-order valence-corrected chi connectivity index (χ4v) is 6.49. The lowest BCUT2D eigenvalue weighted by atomic mass is 9.82. The molecule has 0 saturated carbocycles. The van der Waals surface area contributed by atoms with Crippen LogP contribution in [0.1, 0.15) is 136 Å². The third-order valence-corrected chi connectivity index (χ3v) is 9.51. The van der Waals surface area contributed by atoms with Crippen LogP contribution in [0.25, 0.3) is 0 Å². The largest absolute Gasteiger partial charge is 0.494 e. The van der Waals surface area contributed by atoms with Gasteiger partial charge in [0.2, 0.25) is 18.2 Å². The minimum Gasteiger partial charge on any atom is -0.494 e. The van der Waals surface area contributed by atoms with Crippen LogP contribution in [0.3, 0.4) is 0 Å². The Bertz CT molecular complexity index is 1260. The Morgan fingerprint density at radius 2 is 1.48 bits per heavy atom. The number of esters is 1. The van der Waals surface area contributed by atoms with Crippen LogP contribution < -0.4 is 15.4 Å². The number of allylic oxidation sites excluding steroid dienone is 1. The topological polar surface area (TPSA) is 132 Å². The first kappa shape index (κ1) is 47.1. The number of hydrogen-bond donors (Lipinski definition) is 3. The Kier molecular flexibility index (Phi) is 21.3. The molecule has 10 nitrogen and oxygen atoms in total. The van der Waals surface area contributed by atoms with Crippen LogP contribution in [-0.4, -0.2) is 79.2 Å². The van der Waals surface area contributed by atoms with Gasteiger partial charge in [-0.3, -0.25) is 9.59 Å². The van der Waals surface area contributed by atoms with E-state index in [1.54, 1.807) is 51.1 Å². The molecular weight excluding hydrogens is 698 g/mol. The first-order valence-corrected chi connectivity index (χ1v) is 20.1. The Morgan fingerprint density at radius 3 is 2.04 bits per heavy atom. The number of carbonyl (C=O) groups is 3. The van der Waals surface area contributed by atoms with E-state index in [9.17, 15) is 28.3 Å². The van der Waals surface area contributed by atoms with Crippen molar-refractivity contribution in [3.05, 3.63) is 42.0 Å². The number of rotatable bonds is 27. The van der Waals surface area contributed by atoms with Crippen LogP contribution in [0.5, 0.6) is 5.75 Å². The standard InChI is InChI=1S/C42H68F2N2O8/c1-7-9-11-15-18-25-41(52-28-29-53-41)26-19-16-13-12-14-17-20-34(42(50,31-36(43)44)39(49)54-40(3,4)5)37(47)46-35(38(48)45-6)30-32-21-23-33(24-22-32)51-27-10-8-2/h17,20-24,34-36,50H,7-16,18-19,25-31H2,1-6H3,(H,45,48)(H,46,47)/b20-17+/t34-,35+,42+/m1/s1. The summed E-state index contributed by atoms with van der Waals surface area (Å²) < 4.78 is 51.2. The molecule has 0 aliphatic carbocycles. The van der Waals surface area contributed by atoms with E-state index >= 15 is 0 Å². The number of benzene rings is 1. The number of nitrogens with one attached hydrogen (secondary N) is 2. The molecule has 2 amide bonds. The second-order valence-corrected chi connectivity index (χ2v) is 15.4. The number of unbranched alkanes of at least 4 members (excludes halogenated alkanes) is 9. The zero-order valence-corrected chi connectivity index (χ0v) is 33.7. The van der Waals surface area contributed by atoms with E-state index < -0.39 is 59.6 Å². The molecule has 12 heteroatoms. The summed E-state index contributed by atoms with van der Waals surface area (Å²) in [4.78, 5) is 40.3. The zero-order valence-electron chi connectivity index (χ0n) is 33.7. The number of alkyl halides is 2. The molecule has 0 bridgehead atoms. The Morgan fingerprint density at radius 1 is 0.889 bits per heavy atom. The molecule has 0 radical (unpaired) electrons. The summed E-state index contributed by atoms with van der Waals surface area (Å²) in [5.41, 5.74) is -3.33. The minimum absolute atomic E-state index is 0.0625. The predicted octanol–water partition coefficient (Wildman–Crippen LogP) is 7.98. The number of hydrogen-bond acceptors (Lipinski definition) is 8. The van der Waals surface area contributed by atoms with Gasteiger partial charge in [0, 0.05) is 32.7 Å². The first-order valence-electron chi connectivity index (χ1n) is 20.1. The molecule has 2 rings (SSSR count). The molecule has 1 saturated heterocycles. The average molecular weight is 767 g/mol. The molecule has 0 spiro atoms. The molecule has 1 heterocycles. The maximum Gasteiger partial charge on any atom is 0.340 e. The van der Waals surface area contributed by atoms with Crippen LogP contribution in [0, 0.1) is 5.92 Å². The first-order chi connectivity index (χ1) is 25.7. The second-order valence-electron chi connectivity index (χ2n) is 15.4. The van der Waals surface area contributed by atoms with Crippen molar-refractivity contribution in [1.29, 1.82) is 0 Å². The van der Waals surface area contributed by atoms with Crippen LogP contribution >= 0.6 is 0 Å². The highest BCUT2D eigenvalue weighted by molar-refractivity contribution is 5.94. The van der Waals surface area contributed by atoms with E-state index in [1.807, 2.05) is 0 Å². The molecule has 3 N–H and O–H groups in total. The third kappa shape index (κ3) is 17.1. The maximum atomic E-state index is 14.0. The normalized spacial score (nSPS) is 16.6. The van der Waals surface area contributed by atoms with Crippen molar-refractivity contribution >= 4 is 17.8 Å². The van der Waals surface area contributed by atoms with Crippen molar-refractivity contribution in [2.45, 2.75) is 167 Å². The predicted molar refractivity (Wildman–Crippen MR) is 206 cm³/mol. The zero-order chi connectivity index (χ0) is 40.0. The fraction of sp³-hybridized carbons (Fsp3) is 0.738. The Labute approximate surface area is 322 Å². The maximum absolute atomic E-state index is 14.0. The van der Waals surface area contributed by atoms with E-state index in [0.717, 1.165) is 57.8 Å². The van der Waals surface area contributed by atoms with Crippen molar-refractivity contribution in [3.8, 4) is 5.75 Å². The summed E-state index contributed by atoms with van der Waals surface area (Å²) in [7, 11) is 1.42. The van der Waals surface area contributed by atoms with E-state index in [-0.39, 0.29) is 6.42 Å². The lowest BCUT2D eigenvalue weighted by molar-refractivity contribution is -0.188. The van der Waals surface area contributed by atoms with E-state index in [1.165, 1.54) is 38.8 Å². The van der Waals surface area contributed by atoms with Crippen LogP contribution in [-0.2, 0) is 35.0 Å². The van der Waals surface area contributed by atoms with Crippen molar-refractivity contribution in [2.75, 3.05) is 26.9 Å². The lowest BCUT2D eigenvalue weighted by Crippen LogP contribution is -2.57. The summed E-state index contributed by atoms with van der Waals surface area (Å²) in [5, 5.41) is 16.8. The number of ether oxygens (including phenoxy) is 4. The summed E-state index contributed by atoms with van der Waals surface area (Å²) in [6.07, 6.45) is 11.9. The van der Waals surface area contributed by atoms with Gasteiger partial charge in [0.25, 0.3) is 0 Å². The van der Waals surface area contributed by atoms with Gasteiger partial charge in [0.05, 0.1) is 25.7 Å². The molecule has 54 heavy (non-hydrogen) atoms. The number of amides is 2. The molecule has 308 valence electrons. The second kappa shape index (κ2) is 24.4. The smallest absolute Gasteiger partial charge is 0.340 e. The molecular formula is C42H68F2N2O8. The van der Waals surface area contributed by atoms with Gasteiger partial charge in [0.15, 0.2) is 11.4 Å². The van der Waals surface area contributed by atoms with Gasteiger partial charge in [-0.05, 0) is 70.6 Å². The fourth-order valence-electron chi connectivity index (χ4n) is 6.49. The molecule has 1 aliphatic rings. The van der Waals surface area contributed by atoms with E-state index in [4.69, 9.17) is 18.9 Å². The highest BCUT2D eigenvalue weighted by Crippen LogP contribution is 2.33. The summed E-state index contributed by atoms with van der Waals surface area (Å²) in [6, 6.07) is 5.96. The van der Waals surface area contributed by atoms with E-state index in [2.05, 4.69) is 24.5 Å². The van der Waals surface area contributed by atoms with Crippen molar-refractivity contribution in [1.82, 2.24) is 10.6 Å². The highest BCUT2D eigenvalue weighted by Gasteiger charge is 2.51.